The number of aromatic nitrogens is 4. The highest BCUT2D eigenvalue weighted by molar-refractivity contribution is 7.71. The van der Waals surface area contributed by atoms with Crippen molar-refractivity contribution in [3.8, 4) is 5.75 Å². The molecule has 2 N–H and O–H groups in total. The summed E-state index contributed by atoms with van der Waals surface area (Å²) in [6.45, 7) is 2.27. The molecule has 10 heteroatoms. The van der Waals surface area contributed by atoms with Crippen molar-refractivity contribution in [1.82, 2.24) is 25.1 Å². The first kappa shape index (κ1) is 17.8. The zero-order valence-corrected chi connectivity index (χ0v) is 17.5. The summed E-state index contributed by atoms with van der Waals surface area (Å²) in [4.78, 5) is 16.9. The summed E-state index contributed by atoms with van der Waals surface area (Å²) in [7, 11) is 0. The van der Waals surface area contributed by atoms with Gasteiger partial charge in [0.1, 0.15) is 5.75 Å². The molecule has 1 saturated carbocycles. The molecule has 1 fully saturated rings. The number of ether oxygens (including phenoxy) is 1. The number of carbonyl (C=O) groups is 1. The van der Waals surface area contributed by atoms with Crippen molar-refractivity contribution in [3.63, 3.8) is 0 Å². The Kier molecular flexibility index (Phi) is 4.41. The number of fused-ring (bicyclic) bond motifs is 3. The molecule has 7 nitrogen and oxygen atoms in total. The second-order valence-electron chi connectivity index (χ2n) is 6.73. The van der Waals surface area contributed by atoms with Gasteiger partial charge in [-0.3, -0.25) is 14.5 Å². The number of nitrogens with zero attached hydrogens (tertiary/aromatic N) is 3. The number of nitrogens with one attached hydrogen (secondary N) is 2. The number of carbonyl (C=O) groups excluding carboxylic acids is 1. The normalized spacial score (nSPS) is 14.0. The molecule has 3 heterocycles. The van der Waals surface area contributed by atoms with E-state index in [1.807, 2.05) is 29.0 Å². The molecule has 0 bridgehead atoms. The van der Waals surface area contributed by atoms with Gasteiger partial charge in [0, 0.05) is 17.5 Å². The predicted octanol–water partition coefficient (Wildman–Crippen LogP) is 4.10. The number of thiazole rings is 1. The van der Waals surface area contributed by atoms with Crippen LogP contribution in [0.2, 0.25) is 0 Å². The molecule has 3 aromatic heterocycles. The van der Waals surface area contributed by atoms with E-state index in [0.29, 0.717) is 23.1 Å². The van der Waals surface area contributed by atoms with Gasteiger partial charge < -0.3 is 10.1 Å². The Morgan fingerprint density at radius 3 is 3.18 bits per heavy atom. The van der Waals surface area contributed by atoms with Crippen LogP contribution in [0.4, 0.5) is 0 Å². The van der Waals surface area contributed by atoms with E-state index in [2.05, 4.69) is 20.5 Å². The molecule has 4 aromatic rings. The van der Waals surface area contributed by atoms with Crippen LogP contribution in [0, 0.1) is 11.7 Å². The summed E-state index contributed by atoms with van der Waals surface area (Å²) >= 11 is 8.53. The number of thiophene rings is 1. The number of aromatic amines is 1. The molecule has 0 saturated heterocycles. The third-order valence-electron chi connectivity index (χ3n) is 4.66. The lowest BCUT2D eigenvalue weighted by Crippen LogP contribution is -2.29. The molecule has 0 unspecified atom stereocenters. The third-order valence-corrected chi connectivity index (χ3v) is 6.79. The van der Waals surface area contributed by atoms with Crippen molar-refractivity contribution in [2.24, 2.45) is 0 Å². The quantitative estimate of drug-likeness (QED) is 0.449. The van der Waals surface area contributed by atoms with Crippen LogP contribution in [0.25, 0.3) is 20.3 Å². The van der Waals surface area contributed by atoms with E-state index in [0.717, 1.165) is 44.0 Å². The second kappa shape index (κ2) is 6.94. The summed E-state index contributed by atoms with van der Waals surface area (Å²) in [6.07, 6.45) is 2.21. The smallest absolute Gasteiger partial charge is 0.258 e. The molecule has 0 atom stereocenters. The van der Waals surface area contributed by atoms with E-state index in [-0.39, 0.29) is 12.5 Å². The second-order valence-corrected chi connectivity index (χ2v) is 9.27. The van der Waals surface area contributed by atoms with Gasteiger partial charge >= 0.3 is 0 Å². The zero-order chi connectivity index (χ0) is 19.3. The van der Waals surface area contributed by atoms with Crippen molar-refractivity contribution in [3.05, 3.63) is 33.1 Å². The fraction of sp³-hybridized carbons (Fsp3) is 0.333. The Balaban J connectivity index is 1.29. The highest BCUT2D eigenvalue weighted by Gasteiger charge is 2.27. The summed E-state index contributed by atoms with van der Waals surface area (Å²) in [5.74, 6) is 1.27. The lowest BCUT2D eigenvalue weighted by atomic mass is 10.2. The molecule has 144 valence electrons. The number of H-pyrrole nitrogens is 1. The van der Waals surface area contributed by atoms with Crippen LogP contribution in [0.5, 0.6) is 5.75 Å². The highest BCUT2D eigenvalue weighted by Crippen LogP contribution is 2.39. The molecular formula is C18H17N5O2S3. The number of hydrogen-bond acceptors (Lipinski definition) is 7. The molecule has 0 aliphatic heterocycles. The topological polar surface area (TPSA) is 84.8 Å². The van der Waals surface area contributed by atoms with Gasteiger partial charge in [-0.25, -0.2) is 4.98 Å². The first-order valence-corrected chi connectivity index (χ1v) is 11.0. The van der Waals surface area contributed by atoms with Gasteiger partial charge in [0.15, 0.2) is 17.2 Å². The molecule has 1 amide bonds. The monoisotopic (exact) mass is 431 g/mol. The van der Waals surface area contributed by atoms with Crippen LogP contribution >= 0.6 is 34.9 Å². The van der Waals surface area contributed by atoms with Crippen molar-refractivity contribution < 1.29 is 9.53 Å². The van der Waals surface area contributed by atoms with Crippen molar-refractivity contribution in [1.29, 1.82) is 0 Å². The van der Waals surface area contributed by atoms with E-state index in [9.17, 15) is 4.79 Å². The van der Waals surface area contributed by atoms with E-state index >= 15 is 0 Å². The Morgan fingerprint density at radius 2 is 2.36 bits per heavy atom. The summed E-state index contributed by atoms with van der Waals surface area (Å²) in [5.41, 5.74) is 1.01. The molecule has 0 radical (unpaired) electrons. The molecule has 5 rings (SSSR count). The first-order chi connectivity index (χ1) is 13.6. The maximum Gasteiger partial charge on any atom is 0.258 e. The number of aryl methyl sites for hydroxylation is 1. The molecule has 1 aliphatic rings. The summed E-state index contributed by atoms with van der Waals surface area (Å²) in [5, 5.41) is 13.9. The molecular weight excluding hydrogens is 414 g/mol. The lowest BCUT2D eigenvalue weighted by molar-refractivity contribution is -0.123. The molecule has 0 spiro atoms. The Morgan fingerprint density at radius 1 is 1.50 bits per heavy atom. The Hall–Kier alpha value is -2.30. The minimum atomic E-state index is -0.194. The van der Waals surface area contributed by atoms with Crippen LogP contribution in [0.15, 0.2) is 17.5 Å². The van der Waals surface area contributed by atoms with Crippen molar-refractivity contribution >= 4 is 61.1 Å². The number of benzene rings is 1. The average Bonchev–Trinajstić information content (AvgIpc) is 3.08. The fourth-order valence-electron chi connectivity index (χ4n) is 3.25. The van der Waals surface area contributed by atoms with Crippen LogP contribution in [0.3, 0.4) is 0 Å². The zero-order valence-electron chi connectivity index (χ0n) is 15.0. The van der Waals surface area contributed by atoms with Gasteiger partial charge in [-0.1, -0.05) is 0 Å². The van der Waals surface area contributed by atoms with Crippen LogP contribution in [0.1, 0.15) is 29.7 Å². The van der Waals surface area contributed by atoms with Gasteiger partial charge in [-0.15, -0.1) is 22.7 Å². The Labute approximate surface area is 173 Å². The van der Waals surface area contributed by atoms with E-state index in [4.69, 9.17) is 17.0 Å². The average molecular weight is 432 g/mol. The van der Waals surface area contributed by atoms with Gasteiger partial charge in [0.05, 0.1) is 26.5 Å². The van der Waals surface area contributed by atoms with E-state index < -0.39 is 0 Å². The largest absolute Gasteiger partial charge is 0.483 e. The third kappa shape index (κ3) is 3.21. The standard InChI is InChI=1S/C18H17N5O2S3/c1-9-20-16-13(28-9)6-12(11-4-5-27-17(11)16)25-8-15(24)19-7-14-21-22-18(26)23(14)10-2-3-10/h4-6,10H,2-3,7-8H2,1H3,(H,19,24)(H,22,26). The minimum Gasteiger partial charge on any atom is -0.483 e. The summed E-state index contributed by atoms with van der Waals surface area (Å²) in [6, 6.07) is 4.39. The highest BCUT2D eigenvalue weighted by atomic mass is 32.1. The SMILES string of the molecule is Cc1nc2c(cc(OCC(=O)NCc3n[nH]c(=S)n3C3CC3)c3ccsc32)s1. The molecule has 1 aliphatic carbocycles. The minimum absolute atomic E-state index is 0.0528. The van der Waals surface area contributed by atoms with Crippen molar-refractivity contribution in [2.45, 2.75) is 32.4 Å². The number of amides is 1. The van der Waals surface area contributed by atoms with Gasteiger partial charge in [-0.05, 0) is 43.4 Å². The first-order valence-electron chi connectivity index (χ1n) is 8.93. The van der Waals surface area contributed by atoms with E-state index in [1.165, 1.54) is 0 Å². The van der Waals surface area contributed by atoms with Crippen LogP contribution in [-0.2, 0) is 11.3 Å². The van der Waals surface area contributed by atoms with Gasteiger partial charge in [-0.2, -0.15) is 5.10 Å². The van der Waals surface area contributed by atoms with Gasteiger partial charge in [0.25, 0.3) is 5.91 Å². The molecule has 1 aromatic carbocycles. The Bertz CT molecular complexity index is 1250. The van der Waals surface area contributed by atoms with E-state index in [1.54, 1.807) is 22.7 Å². The fourth-order valence-corrected chi connectivity index (χ4v) is 5.38. The summed E-state index contributed by atoms with van der Waals surface area (Å²) < 4.78 is 10.6. The maximum atomic E-state index is 12.3. The number of rotatable bonds is 6. The lowest BCUT2D eigenvalue weighted by Gasteiger charge is -2.09. The van der Waals surface area contributed by atoms with Crippen molar-refractivity contribution in [2.75, 3.05) is 6.61 Å². The van der Waals surface area contributed by atoms with Gasteiger partial charge in [0.2, 0.25) is 0 Å². The molecule has 28 heavy (non-hydrogen) atoms. The predicted molar refractivity (Wildman–Crippen MR) is 113 cm³/mol. The maximum absolute atomic E-state index is 12.3. The van der Waals surface area contributed by atoms with Crippen LogP contribution < -0.4 is 10.1 Å². The number of hydrogen-bond donors (Lipinski definition) is 2. The van der Waals surface area contributed by atoms with Crippen LogP contribution in [-0.4, -0.2) is 32.3 Å².